The Balaban J connectivity index is 1.68. The summed E-state index contributed by atoms with van der Waals surface area (Å²) in [6.45, 7) is 2.66. The molecule has 0 bridgehead atoms. The molecule has 1 amide bonds. The highest BCUT2D eigenvalue weighted by atomic mass is 16.5. The van der Waals surface area contributed by atoms with E-state index in [0.717, 1.165) is 22.3 Å². The van der Waals surface area contributed by atoms with Gasteiger partial charge in [-0.1, -0.05) is 103 Å². The second-order valence-corrected chi connectivity index (χ2v) is 10.7. The summed E-state index contributed by atoms with van der Waals surface area (Å²) in [4.78, 5) is 31.0. The first-order chi connectivity index (χ1) is 21.3. The molecule has 4 aromatic carbocycles. The Labute approximate surface area is 259 Å². The van der Waals surface area contributed by atoms with Crippen LogP contribution in [0.2, 0.25) is 0 Å². The number of hydrogen-bond acceptors (Lipinski definition) is 4. The zero-order valence-corrected chi connectivity index (χ0v) is 25.2. The minimum absolute atomic E-state index is 0.0894. The Kier molecular flexibility index (Phi) is 11.1. The van der Waals surface area contributed by atoms with Crippen LogP contribution in [-0.2, 0) is 16.1 Å². The molecule has 0 unspecified atom stereocenters. The van der Waals surface area contributed by atoms with Crippen molar-refractivity contribution in [2.75, 3.05) is 13.7 Å². The lowest BCUT2D eigenvalue weighted by molar-refractivity contribution is -0.153. The maximum atomic E-state index is 14.7. The minimum atomic E-state index is -1.12. The molecule has 4 rings (SSSR count). The van der Waals surface area contributed by atoms with E-state index in [2.05, 4.69) is 0 Å². The number of nitrogens with one attached hydrogen (secondary N) is 1. The minimum Gasteiger partial charge on any atom is -0.497 e. The van der Waals surface area contributed by atoms with Crippen molar-refractivity contribution >= 4 is 17.8 Å². The molecule has 0 heterocycles. The molecular formula is C36H40N4O4. The van der Waals surface area contributed by atoms with Crippen molar-refractivity contribution in [3.05, 3.63) is 138 Å². The summed E-state index contributed by atoms with van der Waals surface area (Å²) in [5, 5.41) is 18.7. The van der Waals surface area contributed by atoms with Gasteiger partial charge in [-0.3, -0.25) is 10.2 Å². The summed E-state index contributed by atoms with van der Waals surface area (Å²) in [5.41, 5.74) is 9.26. The predicted molar refractivity (Wildman–Crippen MR) is 172 cm³/mol. The number of amides is 1. The number of carboxylic acid groups (broad SMARTS) is 1. The standard InChI is InChI=1S/C36H40N4O4/c1-26(28-20-22-31(44-2)23-21-28)40(34(41)33(29-15-8-4-9-16-29)30-17-10-5-11-18-30)32(35(42)43)19-12-24-39(36(37)38)25-27-13-6-3-7-14-27/h3-11,13-18,20-23,26,32-33H,12,19,24-25H2,1-2H3,(H3,37,38)(H,42,43)/t26-,32-/m1/s1. The number of carbonyl (C=O) groups is 2. The second-order valence-electron chi connectivity index (χ2n) is 10.7. The molecule has 4 N–H and O–H groups in total. The van der Waals surface area contributed by atoms with E-state index in [4.69, 9.17) is 15.9 Å². The molecule has 0 radical (unpaired) electrons. The largest absolute Gasteiger partial charge is 0.497 e. The molecule has 44 heavy (non-hydrogen) atoms. The molecule has 8 nitrogen and oxygen atoms in total. The van der Waals surface area contributed by atoms with Gasteiger partial charge in [0.15, 0.2) is 5.96 Å². The Hall–Kier alpha value is -5.11. The van der Waals surface area contributed by atoms with Crippen molar-refractivity contribution < 1.29 is 19.4 Å². The number of benzene rings is 4. The summed E-state index contributed by atoms with van der Waals surface area (Å²) in [6.07, 6.45) is 0.584. The zero-order valence-electron chi connectivity index (χ0n) is 25.2. The van der Waals surface area contributed by atoms with Crippen molar-refractivity contribution in [2.24, 2.45) is 5.73 Å². The fourth-order valence-corrected chi connectivity index (χ4v) is 5.52. The van der Waals surface area contributed by atoms with Crippen molar-refractivity contribution in [1.29, 1.82) is 5.41 Å². The van der Waals surface area contributed by atoms with Gasteiger partial charge in [0.1, 0.15) is 11.8 Å². The molecule has 0 aromatic heterocycles. The topological polar surface area (TPSA) is 120 Å². The van der Waals surface area contributed by atoms with Gasteiger partial charge in [-0.25, -0.2) is 4.79 Å². The highest BCUT2D eigenvalue weighted by molar-refractivity contribution is 5.91. The average molecular weight is 593 g/mol. The smallest absolute Gasteiger partial charge is 0.326 e. The van der Waals surface area contributed by atoms with E-state index < -0.39 is 24.0 Å². The van der Waals surface area contributed by atoms with E-state index in [1.54, 1.807) is 12.0 Å². The summed E-state index contributed by atoms with van der Waals surface area (Å²) in [7, 11) is 1.58. The van der Waals surface area contributed by atoms with Crippen molar-refractivity contribution in [1.82, 2.24) is 9.80 Å². The summed E-state index contributed by atoms with van der Waals surface area (Å²) >= 11 is 0. The number of nitrogens with two attached hydrogens (primary N) is 1. The highest BCUT2D eigenvalue weighted by Gasteiger charge is 2.38. The number of nitrogens with zero attached hydrogens (tertiary/aromatic N) is 2. The number of aliphatic carboxylic acids is 1. The van der Waals surface area contributed by atoms with Crippen LogP contribution in [0.4, 0.5) is 0 Å². The Morgan fingerprint density at radius 3 is 1.82 bits per heavy atom. The first kappa shape index (κ1) is 31.8. The third-order valence-electron chi connectivity index (χ3n) is 7.87. The maximum Gasteiger partial charge on any atom is 0.326 e. The van der Waals surface area contributed by atoms with E-state index in [0.29, 0.717) is 25.3 Å². The fraction of sp³-hybridized carbons (Fsp3) is 0.250. The lowest BCUT2D eigenvalue weighted by atomic mass is 9.88. The molecule has 0 spiro atoms. The van der Waals surface area contributed by atoms with E-state index in [1.807, 2.05) is 122 Å². The lowest BCUT2D eigenvalue weighted by Gasteiger charge is -2.38. The second kappa shape index (κ2) is 15.4. The Bertz CT molecular complexity index is 1460. The van der Waals surface area contributed by atoms with Crippen molar-refractivity contribution in [3.63, 3.8) is 0 Å². The number of carbonyl (C=O) groups excluding carboxylic acids is 1. The van der Waals surface area contributed by atoms with Crippen LogP contribution in [0.1, 0.15) is 54.0 Å². The quantitative estimate of drug-likeness (QED) is 0.121. The van der Waals surface area contributed by atoms with Crippen LogP contribution < -0.4 is 10.5 Å². The monoisotopic (exact) mass is 592 g/mol. The molecule has 0 fully saturated rings. The molecule has 228 valence electrons. The van der Waals surface area contributed by atoms with Gasteiger partial charge in [-0.15, -0.1) is 0 Å². The van der Waals surface area contributed by atoms with Crippen LogP contribution in [0, 0.1) is 5.41 Å². The zero-order chi connectivity index (χ0) is 31.5. The molecular weight excluding hydrogens is 552 g/mol. The van der Waals surface area contributed by atoms with Crippen molar-refractivity contribution in [2.45, 2.75) is 44.3 Å². The third-order valence-corrected chi connectivity index (χ3v) is 7.87. The number of guanidine groups is 1. The number of hydrogen-bond donors (Lipinski definition) is 3. The Morgan fingerprint density at radius 1 is 0.818 bits per heavy atom. The van der Waals surface area contributed by atoms with Gasteiger partial charge in [0.25, 0.3) is 0 Å². The predicted octanol–water partition coefficient (Wildman–Crippen LogP) is 6.05. The fourth-order valence-electron chi connectivity index (χ4n) is 5.52. The van der Waals surface area contributed by atoms with Gasteiger partial charge >= 0.3 is 5.97 Å². The lowest BCUT2D eigenvalue weighted by Crippen LogP contribution is -2.49. The van der Waals surface area contributed by atoms with Gasteiger partial charge in [-0.2, -0.15) is 0 Å². The number of carboxylic acids is 1. The Morgan fingerprint density at radius 2 is 1.34 bits per heavy atom. The molecule has 0 aliphatic rings. The van der Waals surface area contributed by atoms with E-state index in [-0.39, 0.29) is 18.3 Å². The van der Waals surface area contributed by atoms with E-state index in [1.165, 1.54) is 4.90 Å². The molecule has 8 heteroatoms. The van der Waals surface area contributed by atoms with Gasteiger partial charge in [0.2, 0.25) is 5.91 Å². The molecule has 0 saturated carbocycles. The van der Waals surface area contributed by atoms with Gasteiger partial charge in [0.05, 0.1) is 19.1 Å². The van der Waals surface area contributed by atoms with E-state index >= 15 is 0 Å². The van der Waals surface area contributed by atoms with Crippen molar-refractivity contribution in [3.8, 4) is 5.75 Å². The number of rotatable bonds is 14. The van der Waals surface area contributed by atoms with E-state index in [9.17, 15) is 14.7 Å². The van der Waals surface area contributed by atoms with Crippen LogP contribution in [0.15, 0.2) is 115 Å². The summed E-state index contributed by atoms with van der Waals surface area (Å²) in [6, 6.07) is 34.3. The van der Waals surface area contributed by atoms with Crippen LogP contribution in [0.25, 0.3) is 0 Å². The average Bonchev–Trinajstić information content (AvgIpc) is 3.05. The molecule has 0 saturated heterocycles. The van der Waals surface area contributed by atoms with Gasteiger partial charge < -0.3 is 25.4 Å². The number of methoxy groups -OCH3 is 1. The van der Waals surface area contributed by atoms with Crippen LogP contribution in [0.5, 0.6) is 5.75 Å². The molecule has 2 atom stereocenters. The van der Waals surface area contributed by atoms with Crippen LogP contribution in [-0.4, -0.2) is 52.4 Å². The molecule has 0 aliphatic heterocycles. The third kappa shape index (κ3) is 8.04. The maximum absolute atomic E-state index is 14.7. The van der Waals surface area contributed by atoms with Gasteiger partial charge in [-0.05, 0) is 54.2 Å². The molecule has 4 aromatic rings. The highest BCUT2D eigenvalue weighted by Crippen LogP contribution is 2.34. The first-order valence-corrected chi connectivity index (χ1v) is 14.7. The SMILES string of the molecule is COc1ccc([C@@H](C)N(C(=O)C(c2ccccc2)c2ccccc2)[C@H](CCCN(Cc2ccccc2)C(=N)N)C(=O)O)cc1. The number of ether oxygens (including phenoxy) is 1. The summed E-state index contributed by atoms with van der Waals surface area (Å²) < 4.78 is 5.33. The summed E-state index contributed by atoms with van der Waals surface area (Å²) in [5.74, 6) is -1.51. The molecule has 0 aliphatic carbocycles. The normalized spacial score (nSPS) is 12.2. The van der Waals surface area contributed by atoms with Crippen LogP contribution in [0.3, 0.4) is 0 Å². The first-order valence-electron chi connectivity index (χ1n) is 14.7. The van der Waals surface area contributed by atoms with Crippen LogP contribution >= 0.6 is 0 Å². The van der Waals surface area contributed by atoms with Gasteiger partial charge in [0, 0.05) is 13.1 Å².